The van der Waals surface area contributed by atoms with Crippen LogP contribution in [0.1, 0.15) is 13.8 Å². The molecule has 1 unspecified atom stereocenters. The van der Waals surface area contributed by atoms with E-state index >= 15 is 0 Å². The molecule has 0 amide bonds. The van der Waals surface area contributed by atoms with Gasteiger partial charge in [-0.15, -0.1) is 0 Å². The summed E-state index contributed by atoms with van der Waals surface area (Å²) >= 11 is -2.06. The predicted molar refractivity (Wildman–Crippen MR) is 74.4 cm³/mol. The van der Waals surface area contributed by atoms with Crippen LogP contribution in [0.4, 0.5) is 0 Å². The predicted octanol–water partition coefficient (Wildman–Crippen LogP) is -0.851. The van der Waals surface area contributed by atoms with Crippen LogP contribution in [0.25, 0.3) is 0 Å². The van der Waals surface area contributed by atoms with Crippen molar-refractivity contribution < 1.29 is 27.0 Å². The molecule has 0 aliphatic heterocycles. The molecule has 1 atom stereocenters. The molecule has 0 fully saturated rings. The van der Waals surface area contributed by atoms with E-state index in [0.717, 1.165) is 0 Å². The fraction of sp³-hybridized carbons (Fsp3) is 0.800. The van der Waals surface area contributed by atoms with Gasteiger partial charge in [0.15, 0.2) is 0 Å². The Labute approximate surface area is 123 Å². The summed E-state index contributed by atoms with van der Waals surface area (Å²) in [6.45, 7) is 3.03. The summed E-state index contributed by atoms with van der Waals surface area (Å²) in [7, 11) is -0.580. The van der Waals surface area contributed by atoms with Crippen molar-refractivity contribution in [3.05, 3.63) is 0 Å². The molecule has 0 radical (unpaired) electrons. The molecule has 0 rings (SSSR count). The molecule has 0 saturated heterocycles. The zero-order valence-corrected chi connectivity index (χ0v) is 13.5. The van der Waals surface area contributed by atoms with Crippen molar-refractivity contribution in [2.45, 2.75) is 18.6 Å². The van der Waals surface area contributed by atoms with Crippen LogP contribution in [0.3, 0.4) is 0 Å². The molecule has 0 aromatic rings. The van der Waals surface area contributed by atoms with Crippen LogP contribution in [0.15, 0.2) is 0 Å². The fourth-order valence-electron chi connectivity index (χ4n) is 0.852. The minimum absolute atomic E-state index is 0.0750. The molecule has 20 heavy (non-hydrogen) atoms. The first kappa shape index (κ1) is 19.5. The standard InChI is InChI=1S/C10H20N2O6S2/c1-10(2,5-6-13)19(14)11-20(15,16)18-8-7-17-9-12(3)4/h11,13H,7-9H2,1-4H3. The number of hydrogen-bond acceptors (Lipinski definition) is 7. The summed E-state index contributed by atoms with van der Waals surface area (Å²) in [4.78, 5) is 1.76. The number of aliphatic hydroxyl groups is 1. The molecule has 0 bridgehead atoms. The number of aliphatic hydroxyl groups excluding tert-OH is 1. The van der Waals surface area contributed by atoms with Crippen LogP contribution in [0.2, 0.25) is 0 Å². The van der Waals surface area contributed by atoms with Gasteiger partial charge in [-0.25, -0.2) is 0 Å². The largest absolute Gasteiger partial charge is 0.596 e. The van der Waals surface area contributed by atoms with E-state index in [1.807, 2.05) is 4.13 Å². The van der Waals surface area contributed by atoms with E-state index in [1.165, 1.54) is 13.8 Å². The van der Waals surface area contributed by atoms with Gasteiger partial charge in [0.05, 0.1) is 31.3 Å². The van der Waals surface area contributed by atoms with E-state index in [1.54, 1.807) is 25.1 Å². The third kappa shape index (κ3) is 8.60. The van der Waals surface area contributed by atoms with Gasteiger partial charge in [-0.1, -0.05) is 0 Å². The van der Waals surface area contributed by atoms with E-state index in [4.69, 9.17) is 9.84 Å². The third-order valence-electron chi connectivity index (χ3n) is 1.81. The molecule has 8 nitrogen and oxygen atoms in total. The maximum Gasteiger partial charge on any atom is 0.375 e. The molecule has 0 aliphatic carbocycles. The Kier molecular flexibility index (Phi) is 8.45. The van der Waals surface area contributed by atoms with Gasteiger partial charge in [-0.05, 0) is 32.1 Å². The molecular formula is C10H20N2O6S2. The summed E-state index contributed by atoms with van der Waals surface area (Å²) in [5, 5.41) is 8.47. The summed E-state index contributed by atoms with van der Waals surface area (Å²) < 4.78 is 44.9. The molecule has 0 saturated carbocycles. The molecule has 0 aromatic heterocycles. The summed E-state index contributed by atoms with van der Waals surface area (Å²) in [6, 6.07) is 0. The monoisotopic (exact) mass is 328 g/mol. The van der Waals surface area contributed by atoms with Gasteiger partial charge in [0.1, 0.15) is 6.11 Å². The first-order valence-electron chi connectivity index (χ1n) is 5.58. The van der Waals surface area contributed by atoms with E-state index in [2.05, 4.69) is 10.1 Å². The van der Waals surface area contributed by atoms with E-state index in [-0.39, 0.29) is 13.2 Å². The Morgan fingerprint density at radius 2 is 2.00 bits per heavy atom. The minimum Gasteiger partial charge on any atom is -0.596 e. The van der Waals surface area contributed by atoms with Gasteiger partial charge in [0.2, 0.25) is 4.75 Å². The van der Waals surface area contributed by atoms with Crippen molar-refractivity contribution in [2.24, 2.45) is 0 Å². The van der Waals surface area contributed by atoms with Crippen LogP contribution >= 0.6 is 0 Å². The Hall–Kier alpha value is -0.540. The zero-order chi connectivity index (χ0) is 15.8. The van der Waals surface area contributed by atoms with Gasteiger partial charge in [0, 0.05) is 5.92 Å². The lowest BCUT2D eigenvalue weighted by atomic mass is 10.2. The van der Waals surface area contributed by atoms with Crippen molar-refractivity contribution in [3.8, 4) is 12.0 Å². The van der Waals surface area contributed by atoms with Crippen molar-refractivity contribution in [3.63, 3.8) is 0 Å². The van der Waals surface area contributed by atoms with Crippen LogP contribution in [0.5, 0.6) is 0 Å². The number of nitrogens with zero attached hydrogens (tertiary/aromatic N) is 1. The molecule has 0 heterocycles. The Morgan fingerprint density at radius 1 is 1.40 bits per heavy atom. The molecule has 118 valence electrons. The highest BCUT2D eigenvalue weighted by Gasteiger charge is 2.35. The lowest BCUT2D eigenvalue weighted by molar-refractivity contribution is 0.0394. The molecule has 0 aromatic carbocycles. The molecule has 10 heteroatoms. The van der Waals surface area contributed by atoms with Crippen LogP contribution in [-0.2, 0) is 30.6 Å². The van der Waals surface area contributed by atoms with Crippen molar-refractivity contribution in [1.29, 1.82) is 0 Å². The molecular weight excluding hydrogens is 308 g/mol. The van der Waals surface area contributed by atoms with Crippen LogP contribution < -0.4 is 4.13 Å². The van der Waals surface area contributed by atoms with Crippen LogP contribution in [0, 0.1) is 12.0 Å². The molecule has 0 spiro atoms. The van der Waals surface area contributed by atoms with E-state index in [0.29, 0.717) is 6.73 Å². The summed E-state index contributed by atoms with van der Waals surface area (Å²) in [5.41, 5.74) is 0. The van der Waals surface area contributed by atoms with Crippen molar-refractivity contribution in [2.75, 3.05) is 34.0 Å². The maximum atomic E-state index is 11.7. The Bertz CT molecular complexity index is 440. The number of hydrogen-bond donors (Lipinski definition) is 2. The third-order valence-corrected chi connectivity index (χ3v) is 4.74. The van der Waals surface area contributed by atoms with Gasteiger partial charge < -0.3 is 14.4 Å². The average Bonchev–Trinajstić information content (AvgIpc) is 2.27. The molecule has 0 aliphatic rings. The number of nitrogens with one attached hydrogen (secondary N) is 1. The van der Waals surface area contributed by atoms with Crippen molar-refractivity contribution in [1.82, 2.24) is 9.03 Å². The highest BCUT2D eigenvalue weighted by molar-refractivity contribution is 8.03. The quantitative estimate of drug-likeness (QED) is 0.245. The molecule has 2 N–H and O–H groups in total. The van der Waals surface area contributed by atoms with Gasteiger partial charge in [-0.3, -0.25) is 9.08 Å². The number of ether oxygens (including phenoxy) is 1. The first-order chi connectivity index (χ1) is 9.10. The SMILES string of the molecule is CN(C)COCCOS(=O)(=O)N[S+]([O-])C(C)(C)C#CO. The smallest absolute Gasteiger partial charge is 0.375 e. The van der Waals surface area contributed by atoms with Crippen LogP contribution in [-0.4, -0.2) is 61.8 Å². The lowest BCUT2D eigenvalue weighted by Gasteiger charge is -2.21. The minimum atomic E-state index is -4.18. The lowest BCUT2D eigenvalue weighted by Crippen LogP contribution is -2.44. The Morgan fingerprint density at radius 3 is 2.50 bits per heavy atom. The number of rotatable bonds is 9. The summed E-state index contributed by atoms with van der Waals surface area (Å²) in [6.07, 6.45) is 1.60. The second kappa shape index (κ2) is 8.68. The highest BCUT2D eigenvalue weighted by atomic mass is 32.3. The fourth-order valence-corrected chi connectivity index (χ4v) is 3.04. The first-order valence-corrected chi connectivity index (χ1v) is 8.14. The maximum absolute atomic E-state index is 11.7. The van der Waals surface area contributed by atoms with Gasteiger partial charge >= 0.3 is 10.3 Å². The zero-order valence-electron chi connectivity index (χ0n) is 11.9. The normalized spacial score (nSPS) is 13.9. The van der Waals surface area contributed by atoms with Gasteiger partial charge in [0.25, 0.3) is 0 Å². The topological polar surface area (TPSA) is 111 Å². The van der Waals surface area contributed by atoms with Gasteiger partial charge in [-0.2, -0.15) is 8.42 Å². The second-order valence-corrected chi connectivity index (χ2v) is 7.86. The van der Waals surface area contributed by atoms with E-state index in [9.17, 15) is 13.0 Å². The average molecular weight is 328 g/mol. The van der Waals surface area contributed by atoms with Crippen molar-refractivity contribution >= 4 is 21.7 Å². The highest BCUT2D eigenvalue weighted by Crippen LogP contribution is 2.14. The summed E-state index contributed by atoms with van der Waals surface area (Å²) in [5.74, 6) is 2.23. The van der Waals surface area contributed by atoms with E-state index < -0.39 is 26.4 Å². The second-order valence-electron chi connectivity index (χ2n) is 4.49. The Balaban J connectivity index is 4.21.